The Morgan fingerprint density at radius 3 is 3.18 bits per heavy atom. The molecule has 0 aliphatic rings. The number of aromatic amines is 1. The highest BCUT2D eigenvalue weighted by molar-refractivity contribution is 4.99. The van der Waals surface area contributed by atoms with Gasteiger partial charge in [-0.1, -0.05) is 6.92 Å². The Morgan fingerprint density at radius 2 is 2.64 bits per heavy atom. The van der Waals surface area contributed by atoms with E-state index in [0.29, 0.717) is 18.6 Å². The van der Waals surface area contributed by atoms with Crippen molar-refractivity contribution < 1.29 is 5.11 Å². The number of hydrogen-bond donors (Lipinski definition) is 2. The van der Waals surface area contributed by atoms with E-state index in [1.807, 2.05) is 6.92 Å². The predicted molar refractivity (Wildman–Crippen MR) is 43.3 cm³/mol. The van der Waals surface area contributed by atoms with Gasteiger partial charge in [0.15, 0.2) is 0 Å². The summed E-state index contributed by atoms with van der Waals surface area (Å²) in [6, 6.07) is 0. The molecule has 0 radical (unpaired) electrons. The molecule has 0 aliphatic carbocycles. The molecule has 11 heavy (non-hydrogen) atoms. The van der Waals surface area contributed by atoms with E-state index >= 15 is 0 Å². The molecular formula is C8H12N2O. The molecule has 60 valence electrons. The van der Waals surface area contributed by atoms with E-state index in [1.54, 1.807) is 18.5 Å². The molecule has 0 aliphatic heterocycles. The number of imidazole rings is 1. The maximum absolute atomic E-state index is 9.08. The van der Waals surface area contributed by atoms with Crippen LogP contribution in [0.5, 0.6) is 0 Å². The predicted octanol–water partition coefficient (Wildman–Crippen LogP) is 1.80. The molecule has 2 N–H and O–H groups in total. The lowest BCUT2D eigenvalue weighted by atomic mass is 10.3. The Bertz CT molecular complexity index is 226. The molecule has 0 bridgehead atoms. The third-order valence-electron chi connectivity index (χ3n) is 1.45. The Balaban J connectivity index is 2.45. The molecule has 0 saturated heterocycles. The highest BCUT2D eigenvalue weighted by atomic mass is 16.3. The second kappa shape index (κ2) is 3.81. The van der Waals surface area contributed by atoms with Gasteiger partial charge in [0.2, 0.25) is 0 Å². The third-order valence-corrected chi connectivity index (χ3v) is 1.45. The van der Waals surface area contributed by atoms with E-state index in [-0.39, 0.29) is 0 Å². The Kier molecular flexibility index (Phi) is 2.72. The van der Waals surface area contributed by atoms with Gasteiger partial charge in [-0.2, -0.15) is 0 Å². The van der Waals surface area contributed by atoms with E-state index in [1.165, 1.54) is 0 Å². The highest BCUT2D eigenvalue weighted by Crippen LogP contribution is 1.98. The van der Waals surface area contributed by atoms with Gasteiger partial charge in [-0.15, -0.1) is 0 Å². The van der Waals surface area contributed by atoms with Crippen molar-refractivity contribution in [2.24, 2.45) is 0 Å². The fourth-order valence-electron chi connectivity index (χ4n) is 0.768. The van der Waals surface area contributed by atoms with Gasteiger partial charge in [-0.05, 0) is 6.08 Å². The first kappa shape index (κ1) is 7.85. The Morgan fingerprint density at radius 1 is 1.82 bits per heavy atom. The molecule has 3 nitrogen and oxygen atoms in total. The lowest BCUT2D eigenvalue weighted by molar-refractivity contribution is 0.392. The van der Waals surface area contributed by atoms with E-state index in [9.17, 15) is 0 Å². The summed E-state index contributed by atoms with van der Waals surface area (Å²) in [4.78, 5) is 6.96. The molecule has 0 fully saturated rings. The van der Waals surface area contributed by atoms with Gasteiger partial charge >= 0.3 is 0 Å². The van der Waals surface area contributed by atoms with E-state index in [4.69, 9.17) is 5.11 Å². The van der Waals surface area contributed by atoms with Crippen molar-refractivity contribution in [2.75, 3.05) is 0 Å². The van der Waals surface area contributed by atoms with Crippen LogP contribution in [0.1, 0.15) is 19.2 Å². The molecule has 0 atom stereocenters. The number of hydrogen-bond acceptors (Lipinski definition) is 2. The van der Waals surface area contributed by atoms with Crippen LogP contribution in [0, 0.1) is 0 Å². The average molecular weight is 152 g/mol. The number of allylic oxidation sites excluding steroid dienone is 2. The summed E-state index contributed by atoms with van der Waals surface area (Å²) in [5, 5.41) is 9.08. The normalized spacial score (nSPS) is 11.9. The minimum Gasteiger partial charge on any atom is -0.513 e. The standard InChI is InChI=1S/C8H12N2O/c1-2-7(11)3-4-8-9-5-6-10-8/h3,5-6,11H,2,4H2,1H3,(H,9,10)/b7-3-. The fourth-order valence-corrected chi connectivity index (χ4v) is 0.768. The van der Waals surface area contributed by atoms with E-state index in [0.717, 1.165) is 5.82 Å². The van der Waals surface area contributed by atoms with E-state index < -0.39 is 0 Å². The number of nitrogens with one attached hydrogen (secondary N) is 1. The zero-order chi connectivity index (χ0) is 8.10. The zero-order valence-electron chi connectivity index (χ0n) is 6.54. The topological polar surface area (TPSA) is 48.9 Å². The SMILES string of the molecule is CC/C(O)=C/Cc1ncc[nH]1. The van der Waals surface area contributed by atoms with Crippen molar-refractivity contribution in [2.45, 2.75) is 19.8 Å². The summed E-state index contributed by atoms with van der Waals surface area (Å²) in [6.45, 7) is 1.91. The molecule has 0 amide bonds. The van der Waals surface area contributed by atoms with Crippen molar-refractivity contribution in [3.63, 3.8) is 0 Å². The third kappa shape index (κ3) is 2.45. The average Bonchev–Trinajstić information content (AvgIpc) is 2.52. The smallest absolute Gasteiger partial charge is 0.109 e. The molecule has 0 spiro atoms. The maximum Gasteiger partial charge on any atom is 0.109 e. The van der Waals surface area contributed by atoms with Crippen LogP contribution in [0.4, 0.5) is 0 Å². The van der Waals surface area contributed by atoms with Crippen LogP contribution in [0.15, 0.2) is 24.2 Å². The number of rotatable bonds is 3. The Labute approximate surface area is 65.8 Å². The lowest BCUT2D eigenvalue weighted by Gasteiger charge is -1.92. The van der Waals surface area contributed by atoms with Crippen LogP contribution in [0.25, 0.3) is 0 Å². The molecule has 3 heteroatoms. The first-order valence-corrected chi connectivity index (χ1v) is 3.69. The van der Waals surface area contributed by atoms with Gasteiger partial charge in [0.1, 0.15) is 5.82 Å². The van der Waals surface area contributed by atoms with Crippen LogP contribution in [-0.4, -0.2) is 15.1 Å². The summed E-state index contributed by atoms with van der Waals surface area (Å²) in [5.41, 5.74) is 0. The van der Waals surface area contributed by atoms with Crippen LogP contribution in [-0.2, 0) is 6.42 Å². The molecule has 1 rings (SSSR count). The summed E-state index contributed by atoms with van der Waals surface area (Å²) in [6.07, 6.45) is 6.59. The first-order chi connectivity index (χ1) is 5.33. The van der Waals surface area contributed by atoms with Crippen molar-refractivity contribution >= 4 is 0 Å². The minimum atomic E-state index is 0.418. The van der Waals surface area contributed by atoms with Crippen LogP contribution < -0.4 is 0 Å². The van der Waals surface area contributed by atoms with Crippen LogP contribution >= 0.6 is 0 Å². The zero-order valence-corrected chi connectivity index (χ0v) is 6.54. The van der Waals surface area contributed by atoms with Crippen molar-refractivity contribution in [3.8, 4) is 0 Å². The number of aliphatic hydroxyl groups is 1. The van der Waals surface area contributed by atoms with Gasteiger partial charge in [0, 0.05) is 25.2 Å². The van der Waals surface area contributed by atoms with Gasteiger partial charge in [0.05, 0.1) is 5.76 Å². The summed E-state index contributed by atoms with van der Waals surface area (Å²) >= 11 is 0. The quantitative estimate of drug-likeness (QED) is 0.649. The minimum absolute atomic E-state index is 0.418. The van der Waals surface area contributed by atoms with Crippen LogP contribution in [0.3, 0.4) is 0 Å². The number of aromatic nitrogens is 2. The molecule has 1 aromatic rings. The maximum atomic E-state index is 9.08. The number of nitrogens with zero attached hydrogens (tertiary/aromatic N) is 1. The number of H-pyrrole nitrogens is 1. The van der Waals surface area contributed by atoms with Crippen LogP contribution in [0.2, 0.25) is 0 Å². The molecular weight excluding hydrogens is 140 g/mol. The number of aliphatic hydroxyl groups excluding tert-OH is 1. The second-order valence-electron chi connectivity index (χ2n) is 2.29. The highest BCUT2D eigenvalue weighted by Gasteiger charge is 1.91. The molecule has 0 aromatic carbocycles. The summed E-state index contributed by atoms with van der Waals surface area (Å²) < 4.78 is 0. The van der Waals surface area contributed by atoms with E-state index in [2.05, 4.69) is 9.97 Å². The fraction of sp³-hybridized carbons (Fsp3) is 0.375. The van der Waals surface area contributed by atoms with Gasteiger partial charge < -0.3 is 10.1 Å². The Hall–Kier alpha value is -1.25. The molecule has 1 aromatic heterocycles. The second-order valence-corrected chi connectivity index (χ2v) is 2.29. The monoisotopic (exact) mass is 152 g/mol. The summed E-state index contributed by atoms with van der Waals surface area (Å²) in [5.74, 6) is 1.30. The largest absolute Gasteiger partial charge is 0.513 e. The lowest BCUT2D eigenvalue weighted by Crippen LogP contribution is -1.86. The van der Waals surface area contributed by atoms with Crippen molar-refractivity contribution in [1.29, 1.82) is 0 Å². The molecule has 0 saturated carbocycles. The molecule has 1 heterocycles. The van der Waals surface area contributed by atoms with Crippen molar-refractivity contribution in [3.05, 3.63) is 30.1 Å². The van der Waals surface area contributed by atoms with Gasteiger partial charge in [-0.3, -0.25) is 0 Å². The van der Waals surface area contributed by atoms with Gasteiger partial charge in [-0.25, -0.2) is 4.98 Å². The van der Waals surface area contributed by atoms with Crippen molar-refractivity contribution in [1.82, 2.24) is 9.97 Å². The summed E-state index contributed by atoms with van der Waals surface area (Å²) in [7, 11) is 0. The molecule has 0 unspecified atom stereocenters. The first-order valence-electron chi connectivity index (χ1n) is 3.69. The van der Waals surface area contributed by atoms with Gasteiger partial charge in [0.25, 0.3) is 0 Å².